The van der Waals surface area contributed by atoms with E-state index in [9.17, 15) is 19.1 Å². The summed E-state index contributed by atoms with van der Waals surface area (Å²) < 4.78 is 13.7. The van der Waals surface area contributed by atoms with Gasteiger partial charge in [-0.1, -0.05) is 25.5 Å². The zero-order chi connectivity index (χ0) is 14.7. The number of nitrogens with zero attached hydrogens (tertiary/aromatic N) is 1. The molecule has 0 bridgehead atoms. The van der Waals surface area contributed by atoms with E-state index in [1.807, 2.05) is 6.92 Å². The summed E-state index contributed by atoms with van der Waals surface area (Å²) in [6.07, 6.45) is 1.54. The molecule has 1 heterocycles. The Morgan fingerprint density at radius 2 is 2.15 bits per heavy atom. The Bertz CT molecular complexity index is 523. The van der Waals surface area contributed by atoms with Crippen molar-refractivity contribution in [2.24, 2.45) is 0 Å². The van der Waals surface area contributed by atoms with Gasteiger partial charge in [-0.05, 0) is 18.6 Å². The molecule has 1 amide bonds. The third kappa shape index (κ3) is 2.80. The zero-order valence-corrected chi connectivity index (χ0v) is 11.9. The van der Waals surface area contributed by atoms with Crippen LogP contribution in [0.25, 0.3) is 0 Å². The van der Waals surface area contributed by atoms with E-state index in [1.165, 1.54) is 34.9 Å². The van der Waals surface area contributed by atoms with E-state index in [2.05, 4.69) is 0 Å². The number of carboxylic acids is 1. The van der Waals surface area contributed by atoms with E-state index in [0.29, 0.717) is 12.2 Å². The van der Waals surface area contributed by atoms with Gasteiger partial charge in [-0.2, -0.15) is 0 Å². The summed E-state index contributed by atoms with van der Waals surface area (Å²) in [4.78, 5) is 25.1. The second-order valence-electron chi connectivity index (χ2n) is 4.62. The number of rotatable bonds is 4. The second kappa shape index (κ2) is 6.26. The molecule has 1 aliphatic heterocycles. The Morgan fingerprint density at radius 3 is 2.75 bits per heavy atom. The normalized spacial score (nSPS) is 22.0. The van der Waals surface area contributed by atoms with Gasteiger partial charge < -0.3 is 10.0 Å². The molecule has 1 aromatic rings. The number of hydrogen-bond donors (Lipinski definition) is 1. The molecule has 0 aliphatic carbocycles. The van der Waals surface area contributed by atoms with E-state index in [0.717, 1.165) is 6.42 Å². The van der Waals surface area contributed by atoms with Crippen LogP contribution in [-0.4, -0.2) is 39.1 Å². The highest BCUT2D eigenvalue weighted by molar-refractivity contribution is 8.00. The predicted molar refractivity (Wildman–Crippen MR) is 75.1 cm³/mol. The summed E-state index contributed by atoms with van der Waals surface area (Å²) in [6.45, 7) is 1.97. The van der Waals surface area contributed by atoms with Crippen LogP contribution in [0.1, 0.15) is 30.1 Å². The summed E-state index contributed by atoms with van der Waals surface area (Å²) in [6, 6.07) is 4.79. The maximum atomic E-state index is 13.7. The highest BCUT2D eigenvalue weighted by Gasteiger charge is 2.41. The summed E-state index contributed by atoms with van der Waals surface area (Å²) in [7, 11) is 0. The number of benzene rings is 1. The van der Waals surface area contributed by atoms with Crippen molar-refractivity contribution in [1.82, 2.24) is 4.90 Å². The quantitative estimate of drug-likeness (QED) is 0.928. The fourth-order valence-corrected chi connectivity index (χ4v) is 3.78. The van der Waals surface area contributed by atoms with Gasteiger partial charge in [0.1, 0.15) is 11.9 Å². The van der Waals surface area contributed by atoms with Crippen LogP contribution < -0.4 is 0 Å². The van der Waals surface area contributed by atoms with Crippen molar-refractivity contribution in [2.45, 2.75) is 31.2 Å². The lowest BCUT2D eigenvalue weighted by atomic mass is 10.1. The first-order chi connectivity index (χ1) is 9.56. The van der Waals surface area contributed by atoms with Crippen molar-refractivity contribution in [2.75, 3.05) is 5.75 Å². The smallest absolute Gasteiger partial charge is 0.327 e. The molecule has 6 heteroatoms. The number of hydrogen-bond acceptors (Lipinski definition) is 3. The summed E-state index contributed by atoms with van der Waals surface area (Å²) in [5.74, 6) is -1.85. The molecule has 2 unspecified atom stereocenters. The molecule has 0 saturated carbocycles. The van der Waals surface area contributed by atoms with E-state index in [4.69, 9.17) is 0 Å². The molecule has 2 atom stereocenters. The van der Waals surface area contributed by atoms with E-state index >= 15 is 0 Å². The lowest BCUT2D eigenvalue weighted by Crippen LogP contribution is -2.45. The lowest BCUT2D eigenvalue weighted by Gasteiger charge is -2.27. The van der Waals surface area contributed by atoms with Crippen LogP contribution in [0.15, 0.2) is 24.3 Å². The zero-order valence-electron chi connectivity index (χ0n) is 11.1. The maximum absolute atomic E-state index is 13.7. The van der Waals surface area contributed by atoms with Gasteiger partial charge in [0.05, 0.1) is 10.9 Å². The van der Waals surface area contributed by atoms with Gasteiger partial charge >= 0.3 is 5.97 Å². The Labute approximate surface area is 121 Å². The Kier molecular flexibility index (Phi) is 4.65. The molecule has 1 aliphatic rings. The molecule has 1 fully saturated rings. The molecular formula is C14H16FNO3S. The topological polar surface area (TPSA) is 57.6 Å². The predicted octanol–water partition coefficient (Wildman–Crippen LogP) is 2.59. The summed E-state index contributed by atoms with van der Waals surface area (Å²) in [5, 5.41) is 9.03. The van der Waals surface area contributed by atoms with Crippen LogP contribution in [0.3, 0.4) is 0 Å². The number of carboxylic acid groups (broad SMARTS) is 1. The van der Waals surface area contributed by atoms with Gasteiger partial charge in [-0.15, -0.1) is 11.8 Å². The SMILES string of the molecule is CCCC1SCC(C(=O)O)N1C(=O)c1ccccc1F. The maximum Gasteiger partial charge on any atom is 0.327 e. The Balaban J connectivity index is 2.32. The molecule has 108 valence electrons. The van der Waals surface area contributed by atoms with Crippen molar-refractivity contribution in [3.05, 3.63) is 35.6 Å². The fourth-order valence-electron chi connectivity index (χ4n) is 2.27. The summed E-state index contributed by atoms with van der Waals surface area (Å²) >= 11 is 1.44. The van der Waals surface area contributed by atoms with Crippen molar-refractivity contribution < 1.29 is 19.1 Å². The lowest BCUT2D eigenvalue weighted by molar-refractivity contribution is -0.141. The molecule has 1 aromatic carbocycles. The van der Waals surface area contributed by atoms with Gasteiger partial charge in [0.15, 0.2) is 0 Å². The highest BCUT2D eigenvalue weighted by Crippen LogP contribution is 2.33. The third-order valence-electron chi connectivity index (χ3n) is 3.25. The molecule has 0 aromatic heterocycles. The standard InChI is InChI=1S/C14H16FNO3S/c1-2-5-12-16(11(8-20-12)14(18)19)13(17)9-6-3-4-7-10(9)15/h3-4,6-7,11-12H,2,5,8H2,1H3,(H,18,19). The first-order valence-corrected chi connectivity index (χ1v) is 7.52. The van der Waals surface area contributed by atoms with Crippen molar-refractivity contribution in [3.8, 4) is 0 Å². The largest absolute Gasteiger partial charge is 0.480 e. The molecule has 2 rings (SSSR count). The van der Waals surface area contributed by atoms with Gasteiger partial charge in [0.25, 0.3) is 5.91 Å². The Morgan fingerprint density at radius 1 is 1.45 bits per heavy atom. The number of carbonyl (C=O) groups excluding carboxylic acids is 1. The number of carbonyl (C=O) groups is 2. The fraction of sp³-hybridized carbons (Fsp3) is 0.429. The van der Waals surface area contributed by atoms with Crippen LogP contribution in [0.4, 0.5) is 4.39 Å². The van der Waals surface area contributed by atoms with Gasteiger partial charge in [0.2, 0.25) is 0 Å². The Hall–Kier alpha value is -1.56. The minimum atomic E-state index is -1.04. The second-order valence-corrected chi connectivity index (χ2v) is 5.83. The van der Waals surface area contributed by atoms with Crippen molar-refractivity contribution >= 4 is 23.6 Å². The summed E-state index contributed by atoms with van der Waals surface area (Å²) in [5.41, 5.74) is -0.0673. The first kappa shape index (κ1) is 14.8. The van der Waals surface area contributed by atoms with Crippen LogP contribution in [0.5, 0.6) is 0 Å². The van der Waals surface area contributed by atoms with E-state index in [1.54, 1.807) is 6.07 Å². The molecule has 1 saturated heterocycles. The van der Waals surface area contributed by atoms with Crippen LogP contribution in [-0.2, 0) is 4.79 Å². The van der Waals surface area contributed by atoms with Gasteiger partial charge in [0, 0.05) is 5.75 Å². The number of halogens is 1. The molecule has 1 N–H and O–H groups in total. The average Bonchev–Trinajstić information content (AvgIpc) is 2.83. The van der Waals surface area contributed by atoms with Crippen LogP contribution in [0, 0.1) is 5.82 Å². The number of aliphatic carboxylic acids is 1. The third-order valence-corrected chi connectivity index (χ3v) is 4.61. The minimum absolute atomic E-state index is 0.0673. The number of thioether (sulfide) groups is 1. The van der Waals surface area contributed by atoms with Crippen molar-refractivity contribution in [1.29, 1.82) is 0 Å². The van der Waals surface area contributed by atoms with Gasteiger partial charge in [-0.3, -0.25) is 4.79 Å². The van der Waals surface area contributed by atoms with Crippen molar-refractivity contribution in [3.63, 3.8) is 0 Å². The minimum Gasteiger partial charge on any atom is -0.480 e. The monoisotopic (exact) mass is 297 g/mol. The molecular weight excluding hydrogens is 281 g/mol. The van der Waals surface area contributed by atoms with Crippen LogP contribution >= 0.6 is 11.8 Å². The molecule has 4 nitrogen and oxygen atoms in total. The number of amides is 1. The van der Waals surface area contributed by atoms with Crippen LogP contribution in [0.2, 0.25) is 0 Å². The highest BCUT2D eigenvalue weighted by atomic mass is 32.2. The van der Waals surface area contributed by atoms with E-state index in [-0.39, 0.29) is 10.9 Å². The molecule has 0 spiro atoms. The van der Waals surface area contributed by atoms with E-state index < -0.39 is 23.7 Å². The van der Waals surface area contributed by atoms with Gasteiger partial charge in [-0.25, -0.2) is 9.18 Å². The average molecular weight is 297 g/mol. The molecule has 20 heavy (non-hydrogen) atoms. The molecule has 0 radical (unpaired) electrons. The first-order valence-electron chi connectivity index (χ1n) is 6.47.